The van der Waals surface area contributed by atoms with Gasteiger partial charge in [-0.1, -0.05) is 43.7 Å². The molecule has 1 nitrogen and oxygen atoms in total. The van der Waals surface area contributed by atoms with Crippen LogP contribution in [0.1, 0.15) is 25.3 Å². The van der Waals surface area contributed by atoms with Gasteiger partial charge in [-0.15, -0.1) is 5.73 Å². The van der Waals surface area contributed by atoms with Crippen molar-refractivity contribution < 1.29 is 44.3 Å². The number of allylic oxidation sites excluding steroid dienone is 1. The van der Waals surface area contributed by atoms with E-state index in [9.17, 15) is 44.3 Å². The molecule has 1 rings (SSSR count). The summed E-state index contributed by atoms with van der Waals surface area (Å²) in [5.74, 6) is -23.2. The van der Waals surface area contributed by atoms with Crippen LogP contribution in [0.5, 0.6) is 0 Å². The van der Waals surface area contributed by atoms with Crippen molar-refractivity contribution in [3.05, 3.63) is 47.2 Å². The quantitative estimate of drug-likeness (QED) is 0.307. The fourth-order valence-electron chi connectivity index (χ4n) is 1.93. The molecular weight excluding hydrogens is 391 g/mol. The van der Waals surface area contributed by atoms with E-state index in [1.807, 2.05) is 5.73 Å². The molecular formula is C17H13F9O. The van der Waals surface area contributed by atoms with Gasteiger partial charge in [0.15, 0.2) is 0 Å². The number of ketones is 1. The minimum absolute atomic E-state index is 0.0476. The summed E-state index contributed by atoms with van der Waals surface area (Å²) in [6, 6.07) is 7.49. The topological polar surface area (TPSA) is 17.1 Å². The third-order valence-corrected chi connectivity index (χ3v) is 3.42. The number of carbonyl (C=O) groups is 1. The minimum Gasteiger partial charge on any atom is -0.287 e. The van der Waals surface area contributed by atoms with Gasteiger partial charge in [0.1, 0.15) is 0 Å². The van der Waals surface area contributed by atoms with E-state index in [4.69, 9.17) is 0 Å². The van der Waals surface area contributed by atoms with Crippen molar-refractivity contribution in [2.24, 2.45) is 0 Å². The second-order valence-corrected chi connectivity index (χ2v) is 5.48. The van der Waals surface area contributed by atoms with Crippen LogP contribution in [0.4, 0.5) is 39.5 Å². The SMILES string of the molecule is CCCC(=C=Cc1ccccc1)C(=O)C(F)(F)C(F)(F)C(F)(F)C(F)(F)F. The molecule has 0 fully saturated rings. The molecule has 0 spiro atoms. The van der Waals surface area contributed by atoms with Gasteiger partial charge >= 0.3 is 23.9 Å². The van der Waals surface area contributed by atoms with Crippen molar-refractivity contribution in [2.45, 2.75) is 43.7 Å². The molecule has 1 aromatic rings. The molecule has 0 heterocycles. The number of Topliss-reactive ketones (excluding diaryl/α,β-unsaturated/α-hetero) is 1. The molecule has 0 aliphatic rings. The zero-order valence-corrected chi connectivity index (χ0v) is 13.7. The fraction of sp³-hybridized carbons (Fsp3) is 0.412. The van der Waals surface area contributed by atoms with Gasteiger partial charge < -0.3 is 0 Å². The molecule has 0 unspecified atom stereocenters. The molecule has 1 aromatic carbocycles. The molecule has 150 valence electrons. The Morgan fingerprint density at radius 1 is 0.926 bits per heavy atom. The van der Waals surface area contributed by atoms with Crippen LogP contribution in [-0.4, -0.2) is 29.7 Å². The molecule has 0 saturated carbocycles. The molecule has 0 aliphatic carbocycles. The largest absolute Gasteiger partial charge is 0.460 e. The molecule has 10 heteroatoms. The molecule has 0 amide bonds. The summed E-state index contributed by atoms with van der Waals surface area (Å²) in [6.07, 6.45) is -6.65. The van der Waals surface area contributed by atoms with E-state index >= 15 is 0 Å². The highest BCUT2D eigenvalue weighted by Gasteiger charge is 2.83. The first kappa shape index (κ1) is 22.8. The summed E-state index contributed by atoms with van der Waals surface area (Å²) in [5.41, 5.74) is 1.20. The van der Waals surface area contributed by atoms with Crippen molar-refractivity contribution in [3.8, 4) is 0 Å². The van der Waals surface area contributed by atoms with Crippen molar-refractivity contribution in [2.75, 3.05) is 0 Å². The third kappa shape index (κ3) is 4.37. The van der Waals surface area contributed by atoms with Crippen molar-refractivity contribution in [1.29, 1.82) is 0 Å². The molecule has 0 radical (unpaired) electrons. The maximum absolute atomic E-state index is 13.8. The van der Waals surface area contributed by atoms with E-state index in [1.165, 1.54) is 31.2 Å². The first-order valence-electron chi connectivity index (χ1n) is 7.45. The average Bonchev–Trinajstić information content (AvgIpc) is 2.57. The lowest BCUT2D eigenvalue weighted by Crippen LogP contribution is -2.63. The van der Waals surface area contributed by atoms with Crippen LogP contribution in [0.15, 0.2) is 41.6 Å². The Labute approximate surface area is 148 Å². The van der Waals surface area contributed by atoms with Crippen molar-refractivity contribution in [1.82, 2.24) is 0 Å². The molecule has 0 aromatic heterocycles. The summed E-state index contributed by atoms with van der Waals surface area (Å²) in [7, 11) is 0. The second-order valence-electron chi connectivity index (χ2n) is 5.48. The van der Waals surface area contributed by atoms with Gasteiger partial charge in [-0.25, -0.2) is 0 Å². The van der Waals surface area contributed by atoms with E-state index < -0.39 is 41.7 Å². The Balaban J connectivity index is 3.41. The van der Waals surface area contributed by atoms with Gasteiger partial charge in [0, 0.05) is 5.57 Å². The van der Waals surface area contributed by atoms with E-state index in [0.29, 0.717) is 5.56 Å². The van der Waals surface area contributed by atoms with Crippen LogP contribution in [-0.2, 0) is 4.79 Å². The minimum atomic E-state index is -7.11. The average molecular weight is 404 g/mol. The van der Waals surface area contributed by atoms with E-state index in [1.54, 1.807) is 6.07 Å². The Hall–Kier alpha value is -2.22. The van der Waals surface area contributed by atoms with Gasteiger partial charge in [0.05, 0.1) is 0 Å². The van der Waals surface area contributed by atoms with Gasteiger partial charge in [-0.2, -0.15) is 39.5 Å². The van der Waals surface area contributed by atoms with E-state index in [2.05, 4.69) is 0 Å². The third-order valence-electron chi connectivity index (χ3n) is 3.42. The monoisotopic (exact) mass is 404 g/mol. The number of rotatable bonds is 7. The summed E-state index contributed by atoms with van der Waals surface area (Å²) >= 11 is 0. The normalized spacial score (nSPS) is 13.1. The number of benzene rings is 1. The van der Waals surface area contributed by atoms with Crippen LogP contribution in [0.25, 0.3) is 6.08 Å². The summed E-state index contributed by atoms with van der Waals surface area (Å²) in [4.78, 5) is 11.7. The first-order valence-corrected chi connectivity index (χ1v) is 7.45. The van der Waals surface area contributed by atoms with Crippen molar-refractivity contribution >= 4 is 11.9 Å². The lowest BCUT2D eigenvalue weighted by Gasteiger charge is -2.32. The highest BCUT2D eigenvalue weighted by Crippen LogP contribution is 2.53. The lowest BCUT2D eigenvalue weighted by molar-refractivity contribution is -0.388. The van der Waals surface area contributed by atoms with Crippen LogP contribution >= 0.6 is 0 Å². The highest BCUT2D eigenvalue weighted by atomic mass is 19.4. The second kappa shape index (κ2) is 7.80. The van der Waals surface area contributed by atoms with Crippen LogP contribution in [0.2, 0.25) is 0 Å². The van der Waals surface area contributed by atoms with Gasteiger partial charge in [0.25, 0.3) is 0 Å². The van der Waals surface area contributed by atoms with Crippen LogP contribution in [0, 0.1) is 0 Å². The predicted molar refractivity (Wildman–Crippen MR) is 78.7 cm³/mol. The maximum Gasteiger partial charge on any atom is 0.460 e. The van der Waals surface area contributed by atoms with E-state index in [0.717, 1.165) is 6.08 Å². The predicted octanol–water partition coefficient (Wildman–Crippen LogP) is 6.06. The van der Waals surface area contributed by atoms with Crippen molar-refractivity contribution in [3.63, 3.8) is 0 Å². The van der Waals surface area contributed by atoms with Crippen LogP contribution < -0.4 is 0 Å². The zero-order valence-electron chi connectivity index (χ0n) is 13.7. The number of halogens is 9. The van der Waals surface area contributed by atoms with Gasteiger partial charge in [-0.3, -0.25) is 4.79 Å². The lowest BCUT2D eigenvalue weighted by atomic mass is 9.94. The number of carbonyl (C=O) groups excluding carboxylic acids is 1. The number of alkyl halides is 9. The Bertz CT molecular complexity index is 727. The standard InChI is InChI=1S/C17H13F9O/c1-2-6-12(10-9-11-7-4-3-5-8-11)13(27)14(18,19)15(20,21)16(22,23)17(24,25)26/h3-5,7-9H,2,6H2,1H3. The van der Waals surface area contributed by atoms with E-state index in [-0.39, 0.29) is 6.42 Å². The summed E-state index contributed by atoms with van der Waals surface area (Å²) in [6.45, 7) is 1.36. The molecule has 0 atom stereocenters. The zero-order chi connectivity index (χ0) is 21.1. The Morgan fingerprint density at radius 2 is 1.44 bits per heavy atom. The smallest absolute Gasteiger partial charge is 0.287 e. The molecule has 0 N–H and O–H groups in total. The molecule has 0 aliphatic heterocycles. The number of hydrogen-bond acceptors (Lipinski definition) is 1. The maximum atomic E-state index is 13.8. The Morgan fingerprint density at radius 3 is 1.89 bits per heavy atom. The highest BCUT2D eigenvalue weighted by molar-refractivity contribution is 6.01. The molecule has 27 heavy (non-hydrogen) atoms. The summed E-state index contributed by atoms with van der Waals surface area (Å²) < 4.78 is 117. The summed E-state index contributed by atoms with van der Waals surface area (Å²) in [5, 5.41) is 0. The van der Waals surface area contributed by atoms with Crippen LogP contribution in [0.3, 0.4) is 0 Å². The molecule has 0 bridgehead atoms. The Kier molecular flexibility index (Phi) is 6.59. The first-order chi connectivity index (χ1) is 12.2. The van der Waals surface area contributed by atoms with Gasteiger partial charge in [0.2, 0.25) is 5.78 Å². The molecule has 0 saturated heterocycles. The van der Waals surface area contributed by atoms with Gasteiger partial charge in [-0.05, 0) is 18.1 Å². The fourth-order valence-corrected chi connectivity index (χ4v) is 1.93. The number of hydrogen-bond donors (Lipinski definition) is 0.